The summed E-state index contributed by atoms with van der Waals surface area (Å²) in [5.41, 5.74) is 2.91. The zero-order valence-electron chi connectivity index (χ0n) is 15.9. The predicted molar refractivity (Wildman–Crippen MR) is 111 cm³/mol. The van der Waals surface area contributed by atoms with Gasteiger partial charge >= 0.3 is 0 Å². The molecule has 1 unspecified atom stereocenters. The summed E-state index contributed by atoms with van der Waals surface area (Å²) in [4.78, 5) is 16.6. The van der Waals surface area contributed by atoms with Crippen LogP contribution < -0.4 is 5.32 Å². The van der Waals surface area contributed by atoms with Crippen molar-refractivity contribution in [1.29, 1.82) is 0 Å². The van der Waals surface area contributed by atoms with Crippen molar-refractivity contribution in [3.05, 3.63) is 72.3 Å². The molecule has 0 spiro atoms. The maximum atomic E-state index is 12.7. The normalized spacial score (nSPS) is 15.7. The fraction of sp³-hybridized carbons (Fsp3) is 0.286. The lowest BCUT2D eigenvalue weighted by Crippen LogP contribution is -2.25. The number of ether oxygens (including phenoxy) is 1. The van der Waals surface area contributed by atoms with E-state index < -0.39 is 10.8 Å². The van der Waals surface area contributed by atoms with Crippen LogP contribution in [0.3, 0.4) is 0 Å². The van der Waals surface area contributed by atoms with Crippen LogP contribution in [0.4, 0.5) is 5.69 Å². The molecule has 29 heavy (non-hydrogen) atoms. The Hall–Kier alpha value is -2.84. The molecule has 1 aromatic heterocycles. The smallest absolute Gasteiger partial charge is 0.255 e. The number of benzene rings is 2. The number of aromatic nitrogens is 3. The van der Waals surface area contributed by atoms with Crippen molar-refractivity contribution >= 4 is 22.4 Å². The molecule has 7 nitrogen and oxygen atoms in total. The molecule has 1 atom stereocenters. The first-order valence-corrected chi connectivity index (χ1v) is 10.9. The van der Waals surface area contributed by atoms with E-state index in [9.17, 15) is 9.00 Å². The summed E-state index contributed by atoms with van der Waals surface area (Å²) < 4.78 is 19.6. The van der Waals surface area contributed by atoms with E-state index in [4.69, 9.17) is 4.74 Å². The maximum Gasteiger partial charge on any atom is 0.255 e. The summed E-state index contributed by atoms with van der Waals surface area (Å²) in [5, 5.41) is 7.19. The van der Waals surface area contributed by atoms with Gasteiger partial charge in [-0.25, -0.2) is 9.67 Å². The van der Waals surface area contributed by atoms with Gasteiger partial charge in [0.15, 0.2) is 0 Å². The third-order valence-electron chi connectivity index (χ3n) is 4.83. The van der Waals surface area contributed by atoms with Crippen molar-refractivity contribution in [3.8, 4) is 5.69 Å². The number of hydrogen-bond donors (Lipinski definition) is 1. The SMILES string of the molecule is O=C(Nc1cccc(CS(=O)C2CCOCC2)c1)c1cccc(-n2cncn2)c1. The fourth-order valence-electron chi connectivity index (χ4n) is 3.29. The highest BCUT2D eigenvalue weighted by Crippen LogP contribution is 2.19. The molecular formula is C21H22N4O3S. The molecule has 8 heteroatoms. The Balaban J connectivity index is 1.43. The summed E-state index contributed by atoms with van der Waals surface area (Å²) >= 11 is 0. The summed E-state index contributed by atoms with van der Waals surface area (Å²) in [6.07, 6.45) is 4.71. The van der Waals surface area contributed by atoms with Crippen molar-refractivity contribution in [1.82, 2.24) is 14.8 Å². The Morgan fingerprint density at radius 3 is 2.79 bits per heavy atom. The number of amides is 1. The molecule has 4 rings (SSSR count). The van der Waals surface area contributed by atoms with Crippen LogP contribution in [0.15, 0.2) is 61.2 Å². The van der Waals surface area contributed by atoms with Crippen LogP contribution in [0.1, 0.15) is 28.8 Å². The van der Waals surface area contributed by atoms with Gasteiger partial charge in [-0.1, -0.05) is 18.2 Å². The van der Waals surface area contributed by atoms with Crippen LogP contribution in [-0.2, 0) is 21.3 Å². The number of rotatable bonds is 6. The van der Waals surface area contributed by atoms with Crippen LogP contribution in [0.25, 0.3) is 5.69 Å². The van der Waals surface area contributed by atoms with Crippen LogP contribution in [0.2, 0.25) is 0 Å². The van der Waals surface area contributed by atoms with Gasteiger partial charge in [0.1, 0.15) is 12.7 Å². The zero-order valence-corrected chi connectivity index (χ0v) is 16.7. The Morgan fingerprint density at radius 2 is 2.00 bits per heavy atom. The predicted octanol–water partition coefficient (Wildman–Crippen LogP) is 2.95. The summed E-state index contributed by atoms with van der Waals surface area (Å²) in [7, 11) is -0.943. The third kappa shape index (κ3) is 4.96. The van der Waals surface area contributed by atoms with E-state index in [0.29, 0.717) is 30.2 Å². The summed E-state index contributed by atoms with van der Waals surface area (Å²) in [5.74, 6) is 0.269. The quantitative estimate of drug-likeness (QED) is 0.675. The summed E-state index contributed by atoms with van der Waals surface area (Å²) in [6.45, 7) is 1.36. The minimum absolute atomic E-state index is 0.182. The molecule has 1 aliphatic rings. The zero-order chi connectivity index (χ0) is 20.1. The van der Waals surface area contributed by atoms with E-state index in [0.717, 1.165) is 24.1 Å². The van der Waals surface area contributed by atoms with Gasteiger partial charge < -0.3 is 10.1 Å². The van der Waals surface area contributed by atoms with Gasteiger partial charge in [0.25, 0.3) is 5.91 Å². The van der Waals surface area contributed by atoms with Gasteiger partial charge in [0, 0.05) is 46.3 Å². The average Bonchev–Trinajstić information content (AvgIpc) is 3.30. The first-order chi connectivity index (χ1) is 14.2. The van der Waals surface area contributed by atoms with Crippen LogP contribution in [-0.4, -0.2) is 43.3 Å². The lowest BCUT2D eigenvalue weighted by molar-refractivity contribution is 0.0991. The first kappa shape index (κ1) is 19.5. The molecule has 1 fully saturated rings. The number of nitrogens with zero attached hydrogens (tertiary/aromatic N) is 3. The molecule has 1 saturated heterocycles. The molecule has 2 aromatic carbocycles. The Bertz CT molecular complexity index is 1000. The van der Waals surface area contributed by atoms with E-state index in [1.807, 2.05) is 30.3 Å². The second-order valence-corrected chi connectivity index (χ2v) is 8.60. The molecule has 1 amide bonds. The van der Waals surface area contributed by atoms with E-state index in [-0.39, 0.29) is 11.2 Å². The topological polar surface area (TPSA) is 86.1 Å². The molecule has 2 heterocycles. The van der Waals surface area contributed by atoms with Gasteiger partial charge in [-0.2, -0.15) is 5.10 Å². The minimum Gasteiger partial charge on any atom is -0.381 e. The van der Waals surface area contributed by atoms with Crippen molar-refractivity contribution in [2.75, 3.05) is 18.5 Å². The monoisotopic (exact) mass is 410 g/mol. The molecular weight excluding hydrogens is 388 g/mol. The average molecular weight is 410 g/mol. The second kappa shape index (κ2) is 9.11. The van der Waals surface area contributed by atoms with Gasteiger partial charge in [-0.05, 0) is 48.7 Å². The van der Waals surface area contributed by atoms with Crippen molar-refractivity contribution < 1.29 is 13.7 Å². The van der Waals surface area contributed by atoms with Crippen molar-refractivity contribution in [3.63, 3.8) is 0 Å². The van der Waals surface area contributed by atoms with Gasteiger partial charge in [0.05, 0.1) is 5.69 Å². The molecule has 3 aromatic rings. The van der Waals surface area contributed by atoms with E-state index in [1.165, 1.54) is 6.33 Å². The third-order valence-corrected chi connectivity index (χ3v) is 6.66. The fourth-order valence-corrected chi connectivity index (χ4v) is 4.76. The molecule has 0 radical (unpaired) electrons. The largest absolute Gasteiger partial charge is 0.381 e. The molecule has 1 aliphatic heterocycles. The Morgan fingerprint density at radius 1 is 1.17 bits per heavy atom. The minimum atomic E-state index is -0.943. The van der Waals surface area contributed by atoms with Crippen LogP contribution in [0, 0.1) is 0 Å². The number of nitrogens with one attached hydrogen (secondary N) is 1. The highest BCUT2D eigenvalue weighted by atomic mass is 32.2. The molecule has 0 saturated carbocycles. The highest BCUT2D eigenvalue weighted by molar-refractivity contribution is 7.84. The van der Waals surface area contributed by atoms with Gasteiger partial charge in [0.2, 0.25) is 0 Å². The Kier molecular flexibility index (Phi) is 6.12. The molecule has 0 bridgehead atoms. The van der Waals surface area contributed by atoms with Crippen molar-refractivity contribution in [2.24, 2.45) is 0 Å². The number of carbonyl (C=O) groups excluding carboxylic acids is 1. The highest BCUT2D eigenvalue weighted by Gasteiger charge is 2.20. The number of carbonyl (C=O) groups is 1. The lowest BCUT2D eigenvalue weighted by Gasteiger charge is -2.21. The first-order valence-electron chi connectivity index (χ1n) is 9.49. The number of hydrogen-bond acceptors (Lipinski definition) is 5. The lowest BCUT2D eigenvalue weighted by atomic mass is 10.1. The number of anilines is 1. The van der Waals surface area contributed by atoms with Gasteiger partial charge in [-0.3, -0.25) is 9.00 Å². The van der Waals surface area contributed by atoms with E-state index in [1.54, 1.807) is 29.2 Å². The molecule has 1 N–H and O–H groups in total. The van der Waals surface area contributed by atoms with Crippen LogP contribution in [0.5, 0.6) is 0 Å². The van der Waals surface area contributed by atoms with E-state index in [2.05, 4.69) is 15.4 Å². The Labute approximate surface area is 171 Å². The summed E-state index contributed by atoms with van der Waals surface area (Å²) in [6, 6.07) is 14.7. The van der Waals surface area contributed by atoms with Crippen molar-refractivity contribution in [2.45, 2.75) is 23.8 Å². The van der Waals surface area contributed by atoms with Gasteiger partial charge in [-0.15, -0.1) is 0 Å². The molecule has 150 valence electrons. The van der Waals surface area contributed by atoms with E-state index >= 15 is 0 Å². The maximum absolute atomic E-state index is 12.7. The standard InChI is InChI=1S/C21H22N4O3S/c26-21(17-4-2-6-19(12-17)25-15-22-14-23-25)24-18-5-1-3-16(11-18)13-29(27)20-7-9-28-10-8-20/h1-6,11-12,14-15,20H,7-10,13H2,(H,24,26). The second-order valence-electron chi connectivity index (χ2n) is 6.88. The molecule has 0 aliphatic carbocycles. The van der Waals surface area contributed by atoms with Crippen LogP contribution >= 0.6 is 0 Å².